The maximum absolute atomic E-state index is 4.62. The van der Waals surface area contributed by atoms with E-state index in [4.69, 9.17) is 0 Å². The van der Waals surface area contributed by atoms with Crippen molar-refractivity contribution in [2.24, 2.45) is 0 Å². The first kappa shape index (κ1) is 31.5. The SMILES string of the molecule is [Tm].c1ccc(-c2n[n-]c(-c3cccc(-c4ccccn4)n3)n2)cc1.c1ccc(-c2n[nH]c(-c3cccc(-c4ccccn4)n3)n2)cc1. The van der Waals surface area contributed by atoms with E-state index in [2.05, 4.69) is 50.3 Å². The van der Waals surface area contributed by atoms with E-state index in [9.17, 15) is 0 Å². The molecule has 0 amide bonds. The summed E-state index contributed by atoms with van der Waals surface area (Å²) in [5.41, 5.74) is 6.57. The fourth-order valence-corrected chi connectivity index (χ4v) is 4.59. The normalized spacial score (nSPS) is 10.4. The smallest absolute Gasteiger partial charge is 0.181 e. The number of rotatable bonds is 6. The van der Waals surface area contributed by atoms with Gasteiger partial charge < -0.3 is 10.1 Å². The molecule has 0 aliphatic heterocycles. The molecule has 6 heterocycles. The second-order valence-electron chi connectivity index (χ2n) is 9.94. The van der Waals surface area contributed by atoms with Gasteiger partial charge in [-0.25, -0.2) is 15.0 Å². The molecule has 0 saturated heterocycles. The molecule has 0 atom stereocenters. The van der Waals surface area contributed by atoms with Gasteiger partial charge in [-0.05, 0) is 59.9 Å². The molecule has 0 unspecified atom stereocenters. The van der Waals surface area contributed by atoms with Gasteiger partial charge in [-0.2, -0.15) is 5.10 Å². The van der Waals surface area contributed by atoms with Gasteiger partial charge in [-0.3, -0.25) is 20.2 Å². The van der Waals surface area contributed by atoms with Gasteiger partial charge in [0.2, 0.25) is 0 Å². The van der Waals surface area contributed by atoms with Crippen molar-refractivity contribution in [3.63, 3.8) is 0 Å². The number of H-pyrrole nitrogens is 1. The number of hydrogen-bond acceptors (Lipinski definition) is 8. The van der Waals surface area contributed by atoms with Crippen LogP contribution >= 0.6 is 0 Å². The molecular weight excluding hydrogens is 741 g/mol. The fourth-order valence-electron chi connectivity index (χ4n) is 4.59. The Balaban J connectivity index is 0.000000161. The maximum Gasteiger partial charge on any atom is 0.181 e. The molecule has 8 rings (SSSR count). The van der Waals surface area contributed by atoms with E-state index in [1.54, 1.807) is 12.4 Å². The third kappa shape index (κ3) is 7.69. The molecule has 10 nitrogen and oxygen atoms in total. The first-order valence-electron chi connectivity index (χ1n) is 14.5. The van der Waals surface area contributed by atoms with Crippen molar-refractivity contribution in [3.05, 3.63) is 146 Å². The van der Waals surface area contributed by atoms with E-state index in [1.807, 2.05) is 133 Å². The van der Waals surface area contributed by atoms with Gasteiger partial charge in [0.1, 0.15) is 5.69 Å². The standard InChI is InChI=1S/C18H13N5.C18H12N5.Tm/c2*1-2-7-13(8-3-1)17-21-18(23-22-17)16-11-6-10-15(20-16)14-9-4-5-12-19-14;/h1-12H,(H,21,22,23);1-12H;/q;-1;. The third-order valence-corrected chi connectivity index (χ3v) is 6.83. The number of nitrogens with one attached hydrogen (secondary N) is 1. The van der Waals surface area contributed by atoms with Crippen LogP contribution in [0.4, 0.5) is 0 Å². The van der Waals surface area contributed by atoms with E-state index in [0.717, 1.165) is 39.6 Å². The first-order valence-corrected chi connectivity index (χ1v) is 14.5. The molecule has 0 saturated carbocycles. The average molecular weight is 767 g/mol. The van der Waals surface area contributed by atoms with Crippen LogP contribution in [-0.2, 0) is 0 Å². The Bertz CT molecular complexity index is 2000. The number of pyridine rings is 4. The van der Waals surface area contributed by atoms with Crippen molar-refractivity contribution in [2.75, 3.05) is 0 Å². The molecular formula is C36H25N10Tm-. The van der Waals surface area contributed by atoms with Crippen molar-refractivity contribution in [3.8, 4) is 68.6 Å². The van der Waals surface area contributed by atoms with Crippen LogP contribution in [0.2, 0.25) is 0 Å². The van der Waals surface area contributed by atoms with Crippen molar-refractivity contribution in [1.29, 1.82) is 0 Å². The Labute approximate surface area is 299 Å². The zero-order chi connectivity index (χ0) is 31.0. The molecule has 1 radical (unpaired) electrons. The van der Waals surface area contributed by atoms with Crippen LogP contribution in [-0.4, -0.2) is 45.2 Å². The van der Waals surface area contributed by atoms with E-state index < -0.39 is 0 Å². The van der Waals surface area contributed by atoms with Gasteiger partial charge in [-0.15, -0.1) is 0 Å². The van der Waals surface area contributed by atoms with Gasteiger partial charge >= 0.3 is 0 Å². The van der Waals surface area contributed by atoms with Gasteiger partial charge in [-0.1, -0.05) is 84.9 Å². The van der Waals surface area contributed by atoms with Crippen molar-refractivity contribution >= 4 is 0 Å². The van der Waals surface area contributed by atoms with Gasteiger partial charge in [0.15, 0.2) is 11.6 Å². The molecule has 233 valence electrons. The number of hydrogen-bond donors (Lipinski definition) is 1. The van der Waals surface area contributed by atoms with Crippen LogP contribution in [0.5, 0.6) is 0 Å². The minimum Gasteiger partial charge on any atom is -0.417 e. The van der Waals surface area contributed by atoms with Crippen LogP contribution in [0.25, 0.3) is 68.6 Å². The molecule has 1 N–H and O–H groups in total. The predicted octanol–water partition coefficient (Wildman–Crippen LogP) is 6.82. The van der Waals surface area contributed by atoms with E-state index >= 15 is 0 Å². The minimum absolute atomic E-state index is 0. The second-order valence-corrected chi connectivity index (χ2v) is 9.94. The summed E-state index contributed by atoms with van der Waals surface area (Å²) in [5, 5.41) is 15.5. The molecule has 47 heavy (non-hydrogen) atoms. The van der Waals surface area contributed by atoms with Gasteiger partial charge in [0.05, 0.1) is 34.3 Å². The van der Waals surface area contributed by atoms with Gasteiger partial charge in [0, 0.05) is 54.8 Å². The molecule has 0 spiro atoms. The first-order chi connectivity index (χ1) is 22.8. The van der Waals surface area contributed by atoms with E-state index in [1.165, 1.54) is 0 Å². The Morgan fingerprint density at radius 1 is 0.426 bits per heavy atom. The zero-order valence-electron chi connectivity index (χ0n) is 24.7. The average Bonchev–Trinajstić information content (AvgIpc) is 3.85. The van der Waals surface area contributed by atoms with Crippen LogP contribution < -0.4 is 5.10 Å². The summed E-state index contributed by atoms with van der Waals surface area (Å²) >= 11 is 0. The van der Waals surface area contributed by atoms with Crippen LogP contribution in [0.3, 0.4) is 0 Å². The van der Waals surface area contributed by atoms with Crippen LogP contribution in [0, 0.1) is 36.9 Å². The summed E-state index contributed by atoms with van der Waals surface area (Å²) in [6.07, 6.45) is 3.50. The Kier molecular flexibility index (Phi) is 10.2. The quantitative estimate of drug-likeness (QED) is 0.194. The summed E-state index contributed by atoms with van der Waals surface area (Å²) in [6, 6.07) is 42.6. The largest absolute Gasteiger partial charge is 0.417 e. The molecule has 6 aromatic heterocycles. The summed E-state index contributed by atoms with van der Waals surface area (Å²) in [5.74, 6) is 2.42. The number of aromatic nitrogens is 10. The Morgan fingerprint density at radius 2 is 0.936 bits per heavy atom. The molecule has 11 heteroatoms. The minimum atomic E-state index is 0. The van der Waals surface area contributed by atoms with E-state index in [0.29, 0.717) is 29.0 Å². The summed E-state index contributed by atoms with van der Waals surface area (Å²) in [4.78, 5) is 26.9. The fraction of sp³-hybridized carbons (Fsp3) is 0. The van der Waals surface area contributed by atoms with Crippen LogP contribution in [0.15, 0.2) is 146 Å². The number of benzene rings is 2. The summed E-state index contributed by atoms with van der Waals surface area (Å²) in [6.45, 7) is 0. The maximum atomic E-state index is 4.62. The molecule has 8 aromatic rings. The van der Waals surface area contributed by atoms with Crippen molar-refractivity contribution in [2.45, 2.75) is 0 Å². The number of aromatic amines is 1. The predicted molar refractivity (Wildman–Crippen MR) is 176 cm³/mol. The molecule has 0 fully saturated rings. The second kappa shape index (κ2) is 15.2. The Morgan fingerprint density at radius 3 is 1.53 bits per heavy atom. The van der Waals surface area contributed by atoms with Crippen LogP contribution in [0.1, 0.15) is 0 Å². The topological polar surface area (TPSA) is 133 Å². The zero-order valence-corrected chi connectivity index (χ0v) is 26.4. The molecule has 2 aromatic carbocycles. The van der Waals surface area contributed by atoms with Gasteiger partial charge in [0.25, 0.3) is 0 Å². The molecule has 0 aliphatic carbocycles. The monoisotopic (exact) mass is 766 g/mol. The van der Waals surface area contributed by atoms with Crippen molar-refractivity contribution in [1.82, 2.24) is 50.3 Å². The summed E-state index contributed by atoms with van der Waals surface area (Å²) < 4.78 is 0. The Hall–Kier alpha value is -5.45. The molecule has 0 bridgehead atoms. The third-order valence-electron chi connectivity index (χ3n) is 6.83. The molecule has 0 aliphatic rings. The van der Waals surface area contributed by atoms with E-state index in [-0.39, 0.29) is 36.9 Å². The summed E-state index contributed by atoms with van der Waals surface area (Å²) in [7, 11) is 0. The number of nitrogens with zero attached hydrogens (tertiary/aromatic N) is 9. The van der Waals surface area contributed by atoms with Crippen molar-refractivity contribution < 1.29 is 36.9 Å².